The molecule has 5 rings (SSSR count). The fourth-order valence-corrected chi connectivity index (χ4v) is 6.77. The number of aryl methyl sites for hydroxylation is 1. The molecule has 2 aromatic carbocycles. The molecular formula is C29H30N2OS3. The number of nitrogens with zero attached hydrogens (tertiary/aromatic N) is 2. The zero-order chi connectivity index (χ0) is 24.0. The second kappa shape index (κ2) is 11.5. The van der Waals surface area contributed by atoms with Gasteiger partial charge in [0.25, 0.3) is 0 Å². The second-order valence-corrected chi connectivity index (χ2v) is 11.7. The molecule has 0 saturated carbocycles. The topological polar surface area (TPSA) is 35.0 Å². The summed E-state index contributed by atoms with van der Waals surface area (Å²) in [5.74, 6) is 0.953. The Labute approximate surface area is 219 Å². The van der Waals surface area contributed by atoms with Crippen LogP contribution < -0.4 is 4.74 Å². The number of hydrogen-bond acceptors (Lipinski definition) is 6. The monoisotopic (exact) mass is 518 g/mol. The summed E-state index contributed by atoms with van der Waals surface area (Å²) in [6.45, 7) is 5.19. The maximum absolute atomic E-state index is 5.96. The maximum atomic E-state index is 5.96. The van der Waals surface area contributed by atoms with Gasteiger partial charge in [-0.3, -0.25) is 0 Å². The van der Waals surface area contributed by atoms with Crippen LogP contribution in [0.3, 0.4) is 0 Å². The smallest absolute Gasteiger partial charge is 0.119 e. The van der Waals surface area contributed by atoms with Crippen LogP contribution in [0.5, 0.6) is 5.75 Å². The molecule has 0 atom stereocenters. The number of aromatic nitrogens is 2. The first-order valence-electron chi connectivity index (χ1n) is 12.4. The van der Waals surface area contributed by atoms with E-state index in [4.69, 9.17) is 4.74 Å². The maximum Gasteiger partial charge on any atom is 0.119 e. The molecule has 0 aliphatic carbocycles. The largest absolute Gasteiger partial charge is 0.494 e. The Morgan fingerprint density at radius 1 is 0.657 bits per heavy atom. The molecular weight excluding hydrogens is 489 g/mol. The van der Waals surface area contributed by atoms with Crippen molar-refractivity contribution in [3.05, 3.63) is 65.5 Å². The highest BCUT2D eigenvalue weighted by Gasteiger charge is 2.16. The minimum absolute atomic E-state index is 0.799. The van der Waals surface area contributed by atoms with Crippen molar-refractivity contribution in [1.82, 2.24) is 8.75 Å². The van der Waals surface area contributed by atoms with Crippen molar-refractivity contribution >= 4 is 45.4 Å². The van der Waals surface area contributed by atoms with E-state index in [-0.39, 0.29) is 0 Å². The molecule has 0 spiro atoms. The van der Waals surface area contributed by atoms with Crippen molar-refractivity contribution in [2.45, 2.75) is 52.4 Å². The predicted octanol–water partition coefficient (Wildman–Crippen LogP) is 9.86. The van der Waals surface area contributed by atoms with E-state index in [2.05, 4.69) is 83.3 Å². The van der Waals surface area contributed by atoms with Gasteiger partial charge in [0.05, 0.1) is 18.3 Å². The summed E-state index contributed by atoms with van der Waals surface area (Å²) < 4.78 is 15.3. The van der Waals surface area contributed by atoms with Gasteiger partial charge in [0.2, 0.25) is 0 Å². The molecule has 0 aliphatic rings. The lowest BCUT2D eigenvalue weighted by atomic mass is 10.1. The van der Waals surface area contributed by atoms with Gasteiger partial charge in [-0.05, 0) is 67.4 Å². The highest BCUT2D eigenvalue weighted by atomic mass is 32.1. The fraction of sp³-hybridized carbons (Fsp3) is 0.310. The normalized spacial score (nSPS) is 11.4. The van der Waals surface area contributed by atoms with E-state index in [1.165, 1.54) is 74.5 Å². The second-order valence-electron chi connectivity index (χ2n) is 8.84. The first-order valence-corrected chi connectivity index (χ1v) is 14.7. The van der Waals surface area contributed by atoms with Crippen LogP contribution in [0.4, 0.5) is 0 Å². The van der Waals surface area contributed by atoms with E-state index < -0.39 is 0 Å². The minimum Gasteiger partial charge on any atom is -0.494 e. The van der Waals surface area contributed by atoms with Crippen LogP contribution in [-0.2, 0) is 0 Å². The van der Waals surface area contributed by atoms with Crippen LogP contribution in [0.25, 0.3) is 42.4 Å². The van der Waals surface area contributed by atoms with Gasteiger partial charge in [-0.15, -0.1) is 22.7 Å². The van der Waals surface area contributed by atoms with E-state index in [9.17, 15) is 0 Å². The van der Waals surface area contributed by atoms with E-state index in [1.807, 2.05) is 0 Å². The lowest BCUT2D eigenvalue weighted by Gasteiger charge is -2.07. The molecule has 0 aliphatic heterocycles. The van der Waals surface area contributed by atoms with Crippen molar-refractivity contribution in [2.75, 3.05) is 6.61 Å². The first kappa shape index (κ1) is 24.2. The Balaban J connectivity index is 1.27. The molecule has 6 heteroatoms. The van der Waals surface area contributed by atoms with Crippen LogP contribution in [-0.4, -0.2) is 15.4 Å². The zero-order valence-corrected chi connectivity index (χ0v) is 22.7. The average Bonchev–Trinajstić information content (AvgIpc) is 3.64. The number of fused-ring (bicyclic) bond motifs is 1. The van der Waals surface area contributed by atoms with Crippen LogP contribution in [0.2, 0.25) is 0 Å². The van der Waals surface area contributed by atoms with Crippen LogP contribution in [0.15, 0.2) is 60.7 Å². The van der Waals surface area contributed by atoms with Gasteiger partial charge in [0.15, 0.2) is 0 Å². The number of ether oxygens (including phenoxy) is 1. The SMILES string of the molecule is CCCCCCCCOc1ccc(-c2ccc(-c3ccc(-c4ccc(C)s4)c4nsnc34)s2)cc1. The Hall–Kier alpha value is -2.54. The van der Waals surface area contributed by atoms with Crippen LogP contribution in [0, 0.1) is 6.92 Å². The number of hydrogen-bond donors (Lipinski definition) is 0. The van der Waals surface area contributed by atoms with Crippen molar-refractivity contribution in [1.29, 1.82) is 0 Å². The van der Waals surface area contributed by atoms with Gasteiger partial charge in [0.1, 0.15) is 16.8 Å². The summed E-state index contributed by atoms with van der Waals surface area (Å²) in [5.41, 5.74) is 5.53. The van der Waals surface area contributed by atoms with Gasteiger partial charge < -0.3 is 4.74 Å². The Morgan fingerprint density at radius 3 is 1.97 bits per heavy atom. The number of unbranched alkanes of at least 4 members (excludes halogenated alkanes) is 5. The van der Waals surface area contributed by atoms with Gasteiger partial charge in [-0.1, -0.05) is 51.2 Å². The molecule has 3 heterocycles. The third kappa shape index (κ3) is 5.66. The molecule has 5 aromatic rings. The molecule has 3 aromatic heterocycles. The molecule has 0 radical (unpaired) electrons. The summed E-state index contributed by atoms with van der Waals surface area (Å²) in [6, 6.07) is 21.6. The van der Waals surface area contributed by atoms with Crippen molar-refractivity contribution in [3.63, 3.8) is 0 Å². The van der Waals surface area contributed by atoms with Crippen molar-refractivity contribution in [2.24, 2.45) is 0 Å². The fourth-order valence-electron chi connectivity index (χ4n) is 4.27. The van der Waals surface area contributed by atoms with Gasteiger partial charge in [0, 0.05) is 30.6 Å². The molecule has 0 amide bonds. The number of rotatable bonds is 11. The summed E-state index contributed by atoms with van der Waals surface area (Å²) in [6.07, 6.45) is 7.69. The number of thiophene rings is 2. The molecule has 0 unspecified atom stereocenters. The lowest BCUT2D eigenvalue weighted by Crippen LogP contribution is -1.97. The average molecular weight is 519 g/mol. The van der Waals surface area contributed by atoms with E-state index in [0.29, 0.717) is 0 Å². The van der Waals surface area contributed by atoms with E-state index in [1.54, 1.807) is 22.7 Å². The summed E-state index contributed by atoms with van der Waals surface area (Å²) in [5, 5.41) is 0. The molecule has 0 bridgehead atoms. The van der Waals surface area contributed by atoms with E-state index in [0.717, 1.165) is 35.4 Å². The minimum atomic E-state index is 0.799. The molecule has 0 N–H and O–H groups in total. The number of benzene rings is 2. The van der Waals surface area contributed by atoms with Crippen molar-refractivity contribution < 1.29 is 4.74 Å². The highest BCUT2D eigenvalue weighted by molar-refractivity contribution is 7.19. The molecule has 0 saturated heterocycles. The summed E-state index contributed by atoms with van der Waals surface area (Å²) >= 11 is 4.89. The summed E-state index contributed by atoms with van der Waals surface area (Å²) in [4.78, 5) is 5.02. The zero-order valence-electron chi connectivity index (χ0n) is 20.3. The van der Waals surface area contributed by atoms with Gasteiger partial charge in [-0.2, -0.15) is 8.75 Å². The highest BCUT2D eigenvalue weighted by Crippen LogP contribution is 2.41. The third-order valence-electron chi connectivity index (χ3n) is 6.20. The van der Waals surface area contributed by atoms with Crippen molar-refractivity contribution in [3.8, 4) is 37.1 Å². The molecule has 35 heavy (non-hydrogen) atoms. The quantitative estimate of drug-likeness (QED) is 0.163. The Morgan fingerprint density at radius 2 is 1.29 bits per heavy atom. The lowest BCUT2D eigenvalue weighted by molar-refractivity contribution is 0.304. The molecule has 0 fully saturated rings. The Kier molecular flexibility index (Phi) is 7.92. The summed E-state index contributed by atoms with van der Waals surface area (Å²) in [7, 11) is 0. The van der Waals surface area contributed by atoms with Gasteiger partial charge in [-0.25, -0.2) is 0 Å². The van der Waals surface area contributed by atoms with Gasteiger partial charge >= 0.3 is 0 Å². The third-order valence-corrected chi connectivity index (χ3v) is 8.93. The first-order chi connectivity index (χ1) is 17.2. The van der Waals surface area contributed by atoms with Crippen LogP contribution >= 0.6 is 34.4 Å². The van der Waals surface area contributed by atoms with E-state index >= 15 is 0 Å². The predicted molar refractivity (Wildman–Crippen MR) is 153 cm³/mol. The molecule has 180 valence electrons. The van der Waals surface area contributed by atoms with Crippen LogP contribution in [0.1, 0.15) is 50.3 Å². The molecule has 3 nitrogen and oxygen atoms in total. The standard InChI is InChI=1S/C29H30N2OS3/c1-3-4-5-6-7-8-19-32-22-12-10-21(11-13-22)25-17-18-27(34-25)24-15-14-23(26-16-9-20(2)33-26)28-29(24)31-35-30-28/h9-18H,3-8,19H2,1-2H3. The Bertz CT molecular complexity index is 1380.